The maximum atomic E-state index is 13.8. The molecule has 11 nitrogen and oxygen atoms in total. The summed E-state index contributed by atoms with van der Waals surface area (Å²) in [6, 6.07) is 16.9. The monoisotopic (exact) mass is 566 g/mol. The SMILES string of the molecule is CC(C)C(CO)N(C(=O)Nc1ccc(C(=N)N)cc1)C(=O)c1ccc(-c2ccccc2)c(C(=O)OS(C)(=O)=O)c1. The zero-order valence-electron chi connectivity index (χ0n) is 22.1. The van der Waals surface area contributed by atoms with Crippen LogP contribution in [-0.2, 0) is 14.3 Å². The number of nitrogens with two attached hydrogens (primary N) is 1. The van der Waals surface area contributed by atoms with Crippen molar-refractivity contribution >= 4 is 39.5 Å². The first-order valence-corrected chi connectivity index (χ1v) is 14.0. The average Bonchev–Trinajstić information content (AvgIpc) is 2.90. The van der Waals surface area contributed by atoms with Crippen molar-refractivity contribution in [3.63, 3.8) is 0 Å². The summed E-state index contributed by atoms with van der Waals surface area (Å²) in [6.07, 6.45) is 0.728. The molecule has 0 saturated heterocycles. The largest absolute Gasteiger partial charge is 0.394 e. The zero-order valence-corrected chi connectivity index (χ0v) is 22.9. The molecule has 3 amide bonds. The second-order valence-electron chi connectivity index (χ2n) is 9.29. The highest BCUT2D eigenvalue weighted by atomic mass is 32.2. The molecule has 0 fully saturated rings. The van der Waals surface area contributed by atoms with Crippen molar-refractivity contribution in [1.29, 1.82) is 5.41 Å². The molecule has 0 aromatic heterocycles. The van der Waals surface area contributed by atoms with Crippen molar-refractivity contribution in [2.75, 3.05) is 18.2 Å². The number of urea groups is 1. The molecule has 1 unspecified atom stereocenters. The molecule has 1 atom stereocenters. The molecule has 0 radical (unpaired) electrons. The molecule has 210 valence electrons. The third kappa shape index (κ3) is 7.30. The Kier molecular flexibility index (Phi) is 9.40. The molecule has 40 heavy (non-hydrogen) atoms. The van der Waals surface area contributed by atoms with E-state index >= 15 is 0 Å². The number of amidine groups is 1. The van der Waals surface area contributed by atoms with Crippen LogP contribution < -0.4 is 11.1 Å². The Morgan fingerprint density at radius 3 is 2.12 bits per heavy atom. The lowest BCUT2D eigenvalue weighted by Gasteiger charge is -2.31. The van der Waals surface area contributed by atoms with Gasteiger partial charge < -0.3 is 20.3 Å². The Labute approximate surface area is 232 Å². The van der Waals surface area contributed by atoms with Crippen LogP contribution in [0, 0.1) is 11.3 Å². The summed E-state index contributed by atoms with van der Waals surface area (Å²) in [5.74, 6) is -2.53. The van der Waals surface area contributed by atoms with Gasteiger partial charge in [-0.15, -0.1) is 0 Å². The molecule has 0 heterocycles. The fraction of sp³-hybridized carbons (Fsp3) is 0.214. The summed E-state index contributed by atoms with van der Waals surface area (Å²) in [4.78, 5) is 40.9. The Hall–Kier alpha value is -4.55. The van der Waals surface area contributed by atoms with E-state index in [2.05, 4.69) is 9.50 Å². The number of amides is 3. The second-order valence-corrected chi connectivity index (χ2v) is 10.9. The topological polar surface area (TPSA) is 180 Å². The van der Waals surface area contributed by atoms with Crippen LogP contribution in [0.4, 0.5) is 10.5 Å². The molecule has 0 aliphatic rings. The minimum atomic E-state index is -4.17. The third-order valence-electron chi connectivity index (χ3n) is 5.97. The van der Waals surface area contributed by atoms with Crippen LogP contribution in [0.5, 0.6) is 0 Å². The molecule has 5 N–H and O–H groups in total. The summed E-state index contributed by atoms with van der Waals surface area (Å²) in [5, 5.41) is 20.2. The van der Waals surface area contributed by atoms with Crippen molar-refractivity contribution in [2.45, 2.75) is 19.9 Å². The Morgan fingerprint density at radius 1 is 1.00 bits per heavy atom. The number of carbonyl (C=O) groups excluding carboxylic acids is 3. The van der Waals surface area contributed by atoms with Crippen LogP contribution in [0.25, 0.3) is 11.1 Å². The van der Waals surface area contributed by atoms with Crippen molar-refractivity contribution < 1.29 is 32.1 Å². The third-order valence-corrected chi connectivity index (χ3v) is 6.43. The number of carbonyl (C=O) groups is 3. The quantitative estimate of drug-likeness (QED) is 0.173. The fourth-order valence-electron chi connectivity index (χ4n) is 3.94. The van der Waals surface area contributed by atoms with E-state index in [0.717, 1.165) is 17.2 Å². The van der Waals surface area contributed by atoms with Gasteiger partial charge in [0.15, 0.2) is 0 Å². The van der Waals surface area contributed by atoms with Crippen molar-refractivity contribution in [2.24, 2.45) is 11.7 Å². The zero-order chi connectivity index (χ0) is 29.6. The molecule has 0 saturated carbocycles. The first kappa shape index (κ1) is 30.0. The highest BCUT2D eigenvalue weighted by molar-refractivity contribution is 7.86. The summed E-state index contributed by atoms with van der Waals surface area (Å²) in [5.41, 5.74) is 6.80. The van der Waals surface area contributed by atoms with E-state index in [4.69, 9.17) is 11.1 Å². The van der Waals surface area contributed by atoms with Gasteiger partial charge in [-0.25, -0.2) is 9.59 Å². The van der Waals surface area contributed by atoms with Gasteiger partial charge in [-0.05, 0) is 53.4 Å². The molecular weight excluding hydrogens is 536 g/mol. The lowest BCUT2D eigenvalue weighted by molar-refractivity contribution is 0.0627. The van der Waals surface area contributed by atoms with Crippen LogP contribution in [0.2, 0.25) is 0 Å². The Balaban J connectivity index is 2.06. The van der Waals surface area contributed by atoms with E-state index in [-0.39, 0.29) is 22.9 Å². The number of anilines is 1. The van der Waals surface area contributed by atoms with E-state index in [1.54, 1.807) is 44.2 Å². The standard InChI is InChI=1S/C28H30N4O7S/c1-17(2)24(16-33)32(28(36)31-21-12-9-19(10-13-21)25(29)30)26(34)20-11-14-22(18-7-5-4-6-8-18)23(15-20)27(35)39-40(3,37)38/h4-15,17,24,33H,16H2,1-3H3,(H3,29,30)(H,31,36). The minimum absolute atomic E-state index is 0.110. The highest BCUT2D eigenvalue weighted by Gasteiger charge is 2.33. The molecule has 0 aliphatic carbocycles. The number of aliphatic hydroxyl groups excluding tert-OH is 1. The van der Waals surface area contributed by atoms with E-state index in [0.29, 0.717) is 22.4 Å². The van der Waals surface area contributed by atoms with Crippen LogP contribution in [-0.4, -0.2) is 61.1 Å². The molecule has 0 aliphatic heterocycles. The first-order valence-electron chi connectivity index (χ1n) is 12.2. The van der Waals surface area contributed by atoms with Gasteiger partial charge >= 0.3 is 22.1 Å². The number of aliphatic hydroxyl groups is 1. The Morgan fingerprint density at radius 2 is 1.60 bits per heavy atom. The highest BCUT2D eigenvalue weighted by Crippen LogP contribution is 2.27. The van der Waals surface area contributed by atoms with Crippen molar-refractivity contribution in [3.8, 4) is 11.1 Å². The van der Waals surface area contributed by atoms with Crippen LogP contribution in [0.15, 0.2) is 72.8 Å². The van der Waals surface area contributed by atoms with Gasteiger partial charge in [0.25, 0.3) is 5.91 Å². The van der Waals surface area contributed by atoms with Gasteiger partial charge in [0.2, 0.25) is 0 Å². The number of rotatable bonds is 9. The summed E-state index contributed by atoms with van der Waals surface area (Å²) in [6.45, 7) is 2.91. The molecule has 0 bridgehead atoms. The van der Waals surface area contributed by atoms with E-state index < -0.39 is 40.7 Å². The normalized spacial score (nSPS) is 11.9. The van der Waals surface area contributed by atoms with Crippen molar-refractivity contribution in [3.05, 3.63) is 89.5 Å². The molecule has 0 spiro atoms. The van der Waals surface area contributed by atoms with E-state index in [1.165, 1.54) is 36.4 Å². The summed E-state index contributed by atoms with van der Waals surface area (Å²) < 4.78 is 28.0. The second kappa shape index (κ2) is 12.5. The predicted molar refractivity (Wildman–Crippen MR) is 150 cm³/mol. The van der Waals surface area contributed by atoms with Crippen LogP contribution >= 0.6 is 0 Å². The Bertz CT molecular complexity index is 1520. The molecular formula is C28H30N4O7S. The number of nitrogens with zero attached hydrogens (tertiary/aromatic N) is 1. The van der Waals surface area contributed by atoms with Crippen LogP contribution in [0.3, 0.4) is 0 Å². The number of hydrogen-bond acceptors (Lipinski definition) is 8. The molecule has 3 rings (SSSR count). The summed E-state index contributed by atoms with van der Waals surface area (Å²) >= 11 is 0. The smallest absolute Gasteiger partial charge is 0.354 e. The lowest BCUT2D eigenvalue weighted by atomic mass is 9.96. The number of benzene rings is 3. The minimum Gasteiger partial charge on any atom is -0.394 e. The summed E-state index contributed by atoms with van der Waals surface area (Å²) in [7, 11) is -4.17. The lowest BCUT2D eigenvalue weighted by Crippen LogP contribution is -2.50. The average molecular weight is 567 g/mol. The van der Waals surface area contributed by atoms with Gasteiger partial charge in [0, 0.05) is 16.8 Å². The van der Waals surface area contributed by atoms with Gasteiger partial charge in [0.05, 0.1) is 24.5 Å². The number of imide groups is 1. The number of nitrogen functional groups attached to an aromatic ring is 1. The fourth-order valence-corrected chi connectivity index (χ4v) is 4.30. The molecule has 3 aromatic carbocycles. The number of hydrogen-bond donors (Lipinski definition) is 4. The first-order chi connectivity index (χ1) is 18.8. The predicted octanol–water partition coefficient (Wildman–Crippen LogP) is 3.45. The van der Waals surface area contributed by atoms with Gasteiger partial charge in [-0.2, -0.15) is 8.42 Å². The van der Waals surface area contributed by atoms with Gasteiger partial charge in [-0.3, -0.25) is 15.1 Å². The molecule has 3 aromatic rings. The molecule has 12 heteroatoms. The van der Waals surface area contributed by atoms with Crippen molar-refractivity contribution in [1.82, 2.24) is 4.90 Å². The number of nitrogens with one attached hydrogen (secondary N) is 2. The van der Waals surface area contributed by atoms with Gasteiger partial charge in [-0.1, -0.05) is 50.2 Å². The van der Waals surface area contributed by atoms with Gasteiger partial charge in [0.1, 0.15) is 5.84 Å². The maximum Gasteiger partial charge on any atom is 0.354 e. The van der Waals surface area contributed by atoms with Crippen LogP contribution in [0.1, 0.15) is 40.1 Å². The van der Waals surface area contributed by atoms with E-state index in [9.17, 15) is 27.9 Å². The van der Waals surface area contributed by atoms with E-state index in [1.807, 2.05) is 0 Å². The maximum absolute atomic E-state index is 13.8.